The van der Waals surface area contributed by atoms with Gasteiger partial charge in [-0.1, -0.05) is 0 Å². The van der Waals surface area contributed by atoms with Gasteiger partial charge in [0.2, 0.25) is 0 Å². The van der Waals surface area contributed by atoms with E-state index in [1.165, 1.54) is 0 Å². The van der Waals surface area contributed by atoms with E-state index in [0.29, 0.717) is 0 Å². The van der Waals surface area contributed by atoms with Crippen LogP contribution >= 0.6 is 7.54 Å². The first-order valence-electron chi connectivity index (χ1n) is 11.9. The first kappa shape index (κ1) is 33.7. The molecule has 0 spiro atoms. The van der Waals surface area contributed by atoms with Crippen molar-refractivity contribution in [3.8, 4) is 22.3 Å². The molecule has 0 fully saturated rings. The summed E-state index contributed by atoms with van der Waals surface area (Å²) in [5.41, 5.74) is -24.5. The van der Waals surface area contributed by atoms with Gasteiger partial charge < -0.3 is 0 Å². The van der Waals surface area contributed by atoms with Gasteiger partial charge in [0.15, 0.2) is 0 Å². The van der Waals surface area contributed by atoms with Gasteiger partial charge in [0.25, 0.3) is 0 Å². The van der Waals surface area contributed by atoms with Gasteiger partial charge in [0, 0.05) is 0 Å². The second-order valence-corrected chi connectivity index (χ2v) is 12.6. The number of hydrogen-bond donors (Lipinski definition) is 0. The van der Waals surface area contributed by atoms with Crippen molar-refractivity contribution < 1.29 is 91.6 Å². The van der Waals surface area contributed by atoms with E-state index in [2.05, 4.69) is 0 Å². The number of fused-ring (bicyclic) bond motifs is 6. The van der Waals surface area contributed by atoms with Crippen LogP contribution in [-0.2, 0) is 11.8 Å². The van der Waals surface area contributed by atoms with E-state index >= 15 is 38.9 Å². The molecule has 4 aromatic carbocycles. The van der Waals surface area contributed by atoms with Crippen LogP contribution < -0.4 is 10.6 Å². The molecule has 22 heteroatoms. The van der Waals surface area contributed by atoms with Crippen molar-refractivity contribution in [1.29, 1.82) is 0 Å². The van der Waals surface area contributed by atoms with E-state index in [0.717, 1.165) is 0 Å². The van der Waals surface area contributed by atoms with E-state index < -0.39 is 156 Å². The van der Waals surface area contributed by atoms with Gasteiger partial charge in [-0.15, -0.1) is 0 Å². The Morgan fingerprint density at radius 2 is 0.479 bits per heavy atom. The van der Waals surface area contributed by atoms with Gasteiger partial charge in [0.05, 0.1) is 0 Å². The Labute approximate surface area is 248 Å². The number of rotatable bonds is 2. The number of halogens is 21. The molecule has 2 aliphatic rings. The number of alkyl halides is 4. The molecule has 256 valence electrons. The van der Waals surface area contributed by atoms with Crippen molar-refractivity contribution in [3.05, 3.63) is 104 Å². The fourth-order valence-electron chi connectivity index (χ4n) is 5.75. The molecule has 0 unspecified atom stereocenters. The average Bonchev–Trinajstić information content (AvgIpc) is 3.37. The average molecular weight is 742 g/mol. The van der Waals surface area contributed by atoms with E-state index in [9.17, 15) is 52.7 Å². The standard InChI is InChI=1S/C26F21P/c27-9-1-3-7(25(41,42)5(1)13(31)19(37)15(9)33)23(21(39)17(35)11(3)29)48(45,46,47)24-8-4(12(30)18(36)22(24)40)2-6(26(8,43)44)14(32)20(38)16(34)10(2)28. The normalized spacial score (nSPS) is 16.4. The summed E-state index contributed by atoms with van der Waals surface area (Å²) in [7, 11) is -10.8. The quantitative estimate of drug-likeness (QED) is 0.0831. The van der Waals surface area contributed by atoms with Crippen LogP contribution in [0, 0.1) is 81.4 Å². The molecular formula is C26F21P. The molecular weight excluding hydrogens is 742 g/mol. The molecule has 0 aliphatic heterocycles. The Balaban J connectivity index is 1.87. The minimum absolute atomic E-state index is 2.72. The molecule has 0 saturated carbocycles. The van der Waals surface area contributed by atoms with Crippen molar-refractivity contribution in [2.45, 2.75) is 11.8 Å². The summed E-state index contributed by atoms with van der Waals surface area (Å²) in [6, 6.07) is 0. The summed E-state index contributed by atoms with van der Waals surface area (Å²) in [5, 5.41) is -8.29. The molecule has 0 bridgehead atoms. The SMILES string of the molecule is Fc1c(F)c(F)c2c(c1F)-c1c(F)c(F)c(F)c(P(F)(F)(F)c3c(F)c(F)c(F)c4c3C(F)(F)c3c(F)c(F)c(F)c(F)c3-4)c1C2(F)F. The third kappa shape index (κ3) is 3.57. The Morgan fingerprint density at radius 3 is 0.750 bits per heavy atom. The van der Waals surface area contributed by atoms with Gasteiger partial charge in [-0.2, -0.15) is 0 Å². The fraction of sp³-hybridized carbons (Fsp3) is 0.0769. The summed E-state index contributed by atoms with van der Waals surface area (Å²) in [6.45, 7) is 0. The molecule has 4 aromatic rings. The third-order valence-corrected chi connectivity index (χ3v) is 9.92. The van der Waals surface area contributed by atoms with Crippen LogP contribution in [0.5, 0.6) is 0 Å². The molecule has 0 N–H and O–H groups in total. The van der Waals surface area contributed by atoms with Gasteiger partial charge in [-0.05, 0) is 0 Å². The van der Waals surface area contributed by atoms with Crippen LogP contribution in [0.3, 0.4) is 0 Å². The topological polar surface area (TPSA) is 0 Å². The Bertz CT molecular complexity index is 2080. The number of hydrogen-bond acceptors (Lipinski definition) is 0. The first-order valence-corrected chi connectivity index (χ1v) is 13.8. The molecule has 2 aliphatic carbocycles. The van der Waals surface area contributed by atoms with Crippen LogP contribution in [0.4, 0.5) is 91.6 Å². The second-order valence-electron chi connectivity index (χ2n) is 10.1. The molecule has 0 amide bonds. The summed E-state index contributed by atoms with van der Waals surface area (Å²) in [6.07, 6.45) is 0. The van der Waals surface area contributed by atoms with Crippen molar-refractivity contribution in [2.24, 2.45) is 0 Å². The second kappa shape index (κ2) is 9.29. The first-order chi connectivity index (χ1) is 21.8. The van der Waals surface area contributed by atoms with Crippen LogP contribution in [0.25, 0.3) is 22.3 Å². The van der Waals surface area contributed by atoms with Crippen molar-refractivity contribution in [3.63, 3.8) is 0 Å². The maximum absolute atomic E-state index is 16.4. The Morgan fingerprint density at radius 1 is 0.271 bits per heavy atom. The van der Waals surface area contributed by atoms with Crippen LogP contribution in [0.15, 0.2) is 0 Å². The van der Waals surface area contributed by atoms with E-state index in [1.54, 1.807) is 0 Å². The van der Waals surface area contributed by atoms with E-state index in [4.69, 9.17) is 0 Å². The van der Waals surface area contributed by atoms with Crippen molar-refractivity contribution >= 4 is 18.1 Å². The monoisotopic (exact) mass is 742 g/mol. The van der Waals surface area contributed by atoms with Gasteiger partial charge >= 0.3 is 248 Å². The van der Waals surface area contributed by atoms with Crippen LogP contribution in [0.1, 0.15) is 22.3 Å². The molecule has 48 heavy (non-hydrogen) atoms. The zero-order valence-electron chi connectivity index (χ0n) is 21.4. The molecule has 6 rings (SSSR count). The van der Waals surface area contributed by atoms with Crippen LogP contribution in [-0.4, -0.2) is 0 Å². The van der Waals surface area contributed by atoms with E-state index in [1.807, 2.05) is 0 Å². The Hall–Kier alpha value is -4.16. The third-order valence-electron chi connectivity index (χ3n) is 7.62. The molecule has 0 saturated heterocycles. The molecule has 0 heterocycles. The zero-order chi connectivity index (χ0) is 36.3. The number of benzene rings is 4. The minimum atomic E-state index is -10.8. The summed E-state index contributed by atoms with van der Waals surface area (Å²) < 4.78 is 314. The maximum atomic E-state index is 16.4. The van der Waals surface area contributed by atoms with Gasteiger partial charge in [-0.25, -0.2) is 0 Å². The molecule has 0 nitrogen and oxygen atoms in total. The summed E-state index contributed by atoms with van der Waals surface area (Å²) >= 11 is 0. The molecule has 0 atom stereocenters. The van der Waals surface area contributed by atoms with Gasteiger partial charge in [0.1, 0.15) is 0 Å². The molecule has 0 aromatic heterocycles. The predicted molar refractivity (Wildman–Crippen MR) is 119 cm³/mol. The molecule has 0 radical (unpaired) electrons. The van der Waals surface area contributed by atoms with Crippen molar-refractivity contribution in [1.82, 2.24) is 0 Å². The summed E-state index contributed by atoms with van der Waals surface area (Å²) in [5.74, 6) is -59.7. The van der Waals surface area contributed by atoms with E-state index in [-0.39, 0.29) is 0 Å². The van der Waals surface area contributed by atoms with Crippen molar-refractivity contribution in [2.75, 3.05) is 0 Å². The fourth-order valence-corrected chi connectivity index (χ4v) is 8.04. The zero-order valence-corrected chi connectivity index (χ0v) is 22.3. The summed E-state index contributed by atoms with van der Waals surface area (Å²) in [4.78, 5) is 0. The van der Waals surface area contributed by atoms with Gasteiger partial charge in [-0.3, -0.25) is 0 Å². The predicted octanol–water partition coefficient (Wildman–Crippen LogP) is 10.0. The Kier molecular flexibility index (Phi) is 6.53. The van der Waals surface area contributed by atoms with Crippen LogP contribution in [0.2, 0.25) is 0 Å².